The van der Waals surface area contributed by atoms with E-state index in [2.05, 4.69) is 65.2 Å². The summed E-state index contributed by atoms with van der Waals surface area (Å²) in [6.45, 7) is 1.77. The Morgan fingerprint density at radius 3 is 2.27 bits per heavy atom. The molecule has 2 unspecified atom stereocenters. The van der Waals surface area contributed by atoms with E-state index >= 15 is 0 Å². The lowest BCUT2D eigenvalue weighted by molar-refractivity contribution is -0.192. The van der Waals surface area contributed by atoms with Crippen molar-refractivity contribution in [1.82, 2.24) is 4.31 Å². The predicted molar refractivity (Wildman–Crippen MR) is 117 cm³/mol. The Morgan fingerprint density at radius 2 is 1.77 bits per heavy atom. The van der Waals surface area contributed by atoms with Crippen LogP contribution in [0.2, 0.25) is 0 Å². The fourth-order valence-electron chi connectivity index (χ4n) is 3.14. The Balaban J connectivity index is 0.000000396. The standard InChI is InChI=1S/C19H24N2S2.C2HF3O2/c1-22-21-13-17(16-5-3-2-4-6-16)11-18(21)14-23-19-9-7-15(12-20)8-10-19;3-2(4,5)1(6)7/h2-10,17-18H,11-14,20H2,1H3;(H,6,7). The lowest BCUT2D eigenvalue weighted by atomic mass is 9.97. The Labute approximate surface area is 183 Å². The van der Waals surface area contributed by atoms with E-state index in [4.69, 9.17) is 15.6 Å². The van der Waals surface area contributed by atoms with Crippen LogP contribution in [0.1, 0.15) is 23.5 Å². The molecule has 164 valence electrons. The van der Waals surface area contributed by atoms with Crippen molar-refractivity contribution < 1.29 is 23.1 Å². The number of thioether (sulfide) groups is 1. The highest BCUT2D eigenvalue weighted by atomic mass is 32.2. The average Bonchev–Trinajstić information content (AvgIpc) is 3.16. The molecule has 1 heterocycles. The van der Waals surface area contributed by atoms with Gasteiger partial charge in [0, 0.05) is 29.8 Å². The van der Waals surface area contributed by atoms with Gasteiger partial charge in [0.25, 0.3) is 0 Å². The van der Waals surface area contributed by atoms with E-state index in [-0.39, 0.29) is 0 Å². The summed E-state index contributed by atoms with van der Waals surface area (Å²) in [7, 11) is 0. The van der Waals surface area contributed by atoms with Crippen LogP contribution in [0.25, 0.3) is 0 Å². The molecule has 1 fully saturated rings. The molecule has 1 aliphatic heterocycles. The number of hydrogen-bond donors (Lipinski definition) is 2. The fraction of sp³-hybridized carbons (Fsp3) is 0.381. The smallest absolute Gasteiger partial charge is 0.475 e. The van der Waals surface area contributed by atoms with Gasteiger partial charge >= 0.3 is 12.1 Å². The Morgan fingerprint density at radius 1 is 1.17 bits per heavy atom. The third kappa shape index (κ3) is 7.54. The lowest BCUT2D eigenvalue weighted by Gasteiger charge is -2.20. The third-order valence-corrected chi connectivity index (χ3v) is 6.79. The maximum Gasteiger partial charge on any atom is 0.490 e. The highest BCUT2D eigenvalue weighted by Gasteiger charge is 2.38. The van der Waals surface area contributed by atoms with Crippen LogP contribution in [-0.4, -0.2) is 46.2 Å². The molecule has 2 aromatic carbocycles. The normalized spacial score (nSPS) is 19.2. The second-order valence-corrected chi connectivity index (χ2v) is 8.67. The second kappa shape index (κ2) is 11.6. The van der Waals surface area contributed by atoms with E-state index in [1.54, 1.807) is 0 Å². The molecule has 9 heteroatoms. The van der Waals surface area contributed by atoms with E-state index in [1.807, 2.05) is 23.7 Å². The summed E-state index contributed by atoms with van der Waals surface area (Å²) in [6.07, 6.45) is -1.64. The average molecular weight is 459 g/mol. The number of carboxylic acids is 1. The SMILES string of the molecule is CSN1CC(c2ccccc2)CC1CSc1ccc(CN)cc1.O=C(O)C(F)(F)F. The fourth-order valence-corrected chi connectivity index (χ4v) is 5.05. The number of nitrogens with zero attached hydrogens (tertiary/aromatic N) is 1. The predicted octanol–water partition coefficient (Wildman–Crippen LogP) is 5.01. The molecule has 2 aromatic rings. The molecule has 0 saturated carbocycles. The van der Waals surface area contributed by atoms with Crippen molar-refractivity contribution in [1.29, 1.82) is 0 Å². The number of aliphatic carboxylic acids is 1. The molecule has 4 nitrogen and oxygen atoms in total. The number of rotatable bonds is 6. The minimum Gasteiger partial charge on any atom is -0.475 e. The van der Waals surface area contributed by atoms with E-state index in [9.17, 15) is 13.2 Å². The van der Waals surface area contributed by atoms with Crippen molar-refractivity contribution in [2.24, 2.45) is 5.73 Å². The van der Waals surface area contributed by atoms with Gasteiger partial charge in [-0.25, -0.2) is 9.10 Å². The summed E-state index contributed by atoms with van der Waals surface area (Å²) in [5, 5.41) is 7.12. The topological polar surface area (TPSA) is 66.6 Å². The van der Waals surface area contributed by atoms with Gasteiger partial charge in [0.1, 0.15) is 0 Å². The summed E-state index contributed by atoms with van der Waals surface area (Å²) in [6, 6.07) is 20.2. The van der Waals surface area contributed by atoms with Crippen LogP contribution in [0.15, 0.2) is 59.5 Å². The van der Waals surface area contributed by atoms with Gasteiger partial charge in [-0.3, -0.25) is 0 Å². The molecular weight excluding hydrogens is 433 g/mol. The number of hydrogen-bond acceptors (Lipinski definition) is 5. The highest BCUT2D eigenvalue weighted by Crippen LogP contribution is 2.37. The molecule has 0 aromatic heterocycles. The van der Waals surface area contributed by atoms with Crippen molar-refractivity contribution in [3.63, 3.8) is 0 Å². The maximum absolute atomic E-state index is 10.6. The summed E-state index contributed by atoms with van der Waals surface area (Å²) >= 11 is 3.84. The molecule has 0 bridgehead atoms. The Hall–Kier alpha value is -1.68. The van der Waals surface area contributed by atoms with Gasteiger partial charge in [0.15, 0.2) is 0 Å². The zero-order valence-electron chi connectivity index (χ0n) is 16.5. The summed E-state index contributed by atoms with van der Waals surface area (Å²) < 4.78 is 34.3. The number of benzene rings is 2. The monoisotopic (exact) mass is 458 g/mol. The van der Waals surface area contributed by atoms with Gasteiger partial charge in [0.2, 0.25) is 0 Å². The molecule has 0 aliphatic carbocycles. The van der Waals surface area contributed by atoms with Crippen LogP contribution in [0, 0.1) is 0 Å². The summed E-state index contributed by atoms with van der Waals surface area (Å²) in [5.74, 6) is -0.951. The maximum atomic E-state index is 10.6. The van der Waals surface area contributed by atoms with Crippen LogP contribution >= 0.6 is 23.7 Å². The van der Waals surface area contributed by atoms with Gasteiger partial charge in [-0.15, -0.1) is 11.8 Å². The molecule has 3 N–H and O–H groups in total. The molecule has 0 spiro atoms. The minimum absolute atomic E-state index is 0.618. The van der Waals surface area contributed by atoms with Crippen LogP contribution < -0.4 is 5.73 Å². The number of nitrogens with two attached hydrogens (primary N) is 1. The van der Waals surface area contributed by atoms with E-state index < -0.39 is 12.1 Å². The van der Waals surface area contributed by atoms with Crippen LogP contribution in [0.3, 0.4) is 0 Å². The third-order valence-electron chi connectivity index (χ3n) is 4.71. The van der Waals surface area contributed by atoms with Crippen LogP contribution in [0.4, 0.5) is 13.2 Å². The number of carbonyl (C=O) groups is 1. The zero-order chi connectivity index (χ0) is 22.1. The van der Waals surface area contributed by atoms with Crippen molar-refractivity contribution in [2.75, 3.05) is 18.6 Å². The van der Waals surface area contributed by atoms with E-state index in [1.165, 1.54) is 22.4 Å². The largest absolute Gasteiger partial charge is 0.490 e. The number of halogens is 3. The number of alkyl halides is 3. The van der Waals surface area contributed by atoms with Crippen LogP contribution in [-0.2, 0) is 11.3 Å². The van der Waals surface area contributed by atoms with Crippen LogP contribution in [0.5, 0.6) is 0 Å². The van der Waals surface area contributed by atoms with Crippen molar-refractivity contribution in [2.45, 2.75) is 36.0 Å². The number of carboxylic acid groups (broad SMARTS) is 1. The molecule has 30 heavy (non-hydrogen) atoms. The Bertz CT molecular complexity index is 789. The van der Waals surface area contributed by atoms with Gasteiger partial charge in [-0.2, -0.15) is 13.2 Å². The first-order chi connectivity index (χ1) is 14.2. The molecule has 1 aliphatic rings. The molecule has 1 saturated heterocycles. The molecule has 0 amide bonds. The summed E-state index contributed by atoms with van der Waals surface area (Å²) in [5.41, 5.74) is 8.34. The summed E-state index contributed by atoms with van der Waals surface area (Å²) in [4.78, 5) is 10.2. The zero-order valence-corrected chi connectivity index (χ0v) is 18.1. The first-order valence-electron chi connectivity index (χ1n) is 9.32. The van der Waals surface area contributed by atoms with E-state index in [0.717, 1.165) is 12.3 Å². The minimum atomic E-state index is -5.08. The molecule has 3 rings (SSSR count). The Kier molecular flexibility index (Phi) is 9.54. The molecular formula is C21H25F3N2O2S2. The van der Waals surface area contributed by atoms with Gasteiger partial charge in [-0.1, -0.05) is 54.4 Å². The quantitative estimate of drug-likeness (QED) is 0.469. The van der Waals surface area contributed by atoms with E-state index in [0.29, 0.717) is 18.5 Å². The van der Waals surface area contributed by atoms with Crippen molar-refractivity contribution in [3.05, 3.63) is 65.7 Å². The second-order valence-electron chi connectivity index (χ2n) is 6.74. The lowest BCUT2D eigenvalue weighted by Crippen LogP contribution is -2.24. The van der Waals surface area contributed by atoms with Gasteiger partial charge in [-0.05, 0) is 41.9 Å². The van der Waals surface area contributed by atoms with Crippen molar-refractivity contribution >= 4 is 29.7 Å². The van der Waals surface area contributed by atoms with Gasteiger partial charge < -0.3 is 10.8 Å². The first kappa shape index (κ1) is 24.6. The molecule has 2 atom stereocenters. The molecule has 0 radical (unpaired) electrons. The first-order valence-corrected chi connectivity index (χ1v) is 11.5. The van der Waals surface area contributed by atoms with Crippen molar-refractivity contribution in [3.8, 4) is 0 Å². The van der Waals surface area contributed by atoms with Gasteiger partial charge in [0.05, 0.1) is 0 Å². The highest BCUT2D eigenvalue weighted by molar-refractivity contribution is 7.99.